The second-order valence-corrected chi connectivity index (χ2v) is 5.89. The minimum Gasteiger partial charge on any atom is -0.497 e. The van der Waals surface area contributed by atoms with Gasteiger partial charge in [-0.3, -0.25) is 0 Å². The highest BCUT2D eigenvalue weighted by Gasteiger charge is 2.15. The lowest BCUT2D eigenvalue weighted by Crippen LogP contribution is -2.19. The first kappa shape index (κ1) is 17.3. The number of rotatable bonds is 7. The molecule has 1 saturated heterocycles. The van der Waals surface area contributed by atoms with Crippen molar-refractivity contribution >= 4 is 17.3 Å². The highest BCUT2D eigenvalue weighted by Crippen LogP contribution is 2.31. The fraction of sp³-hybridized carbons (Fsp3) is 0.444. The molecule has 7 nitrogen and oxygen atoms in total. The Labute approximate surface area is 147 Å². The topological polar surface area (TPSA) is 77.5 Å². The van der Waals surface area contributed by atoms with Gasteiger partial charge in [0.15, 0.2) is 0 Å². The minimum atomic E-state index is 0.255. The number of methoxy groups -OCH3 is 2. The molecule has 1 atom stereocenters. The van der Waals surface area contributed by atoms with E-state index >= 15 is 0 Å². The van der Waals surface area contributed by atoms with E-state index < -0.39 is 0 Å². The number of aryl methyl sites for hydroxylation is 1. The Kier molecular flexibility index (Phi) is 5.55. The molecule has 2 aromatic rings. The van der Waals surface area contributed by atoms with Crippen LogP contribution in [0.3, 0.4) is 0 Å². The molecule has 0 bridgehead atoms. The highest BCUT2D eigenvalue weighted by atomic mass is 16.5. The summed E-state index contributed by atoms with van der Waals surface area (Å²) in [5.74, 6) is 3.60. The first-order valence-corrected chi connectivity index (χ1v) is 8.38. The van der Waals surface area contributed by atoms with E-state index in [0.29, 0.717) is 17.4 Å². The highest BCUT2D eigenvalue weighted by molar-refractivity contribution is 5.67. The summed E-state index contributed by atoms with van der Waals surface area (Å²) in [5, 5.41) is 6.61. The van der Waals surface area contributed by atoms with Crippen LogP contribution in [-0.4, -0.2) is 43.4 Å². The van der Waals surface area contributed by atoms with Gasteiger partial charge in [0.2, 0.25) is 0 Å². The molecule has 3 rings (SSSR count). The first-order chi connectivity index (χ1) is 12.2. The van der Waals surface area contributed by atoms with E-state index in [2.05, 4.69) is 20.6 Å². The van der Waals surface area contributed by atoms with Crippen molar-refractivity contribution in [1.82, 2.24) is 9.97 Å². The molecule has 1 fully saturated rings. The van der Waals surface area contributed by atoms with Crippen LogP contribution in [0.15, 0.2) is 24.3 Å². The molecule has 134 valence electrons. The van der Waals surface area contributed by atoms with E-state index in [1.54, 1.807) is 14.2 Å². The maximum atomic E-state index is 5.63. The van der Waals surface area contributed by atoms with Crippen molar-refractivity contribution in [2.24, 2.45) is 0 Å². The zero-order valence-electron chi connectivity index (χ0n) is 14.8. The van der Waals surface area contributed by atoms with Gasteiger partial charge < -0.3 is 24.8 Å². The largest absolute Gasteiger partial charge is 0.497 e. The van der Waals surface area contributed by atoms with Gasteiger partial charge in [-0.1, -0.05) is 0 Å². The van der Waals surface area contributed by atoms with Crippen LogP contribution in [0.25, 0.3) is 0 Å². The van der Waals surface area contributed by atoms with Gasteiger partial charge in [0, 0.05) is 25.3 Å². The number of hydrogen-bond donors (Lipinski definition) is 2. The van der Waals surface area contributed by atoms with Crippen molar-refractivity contribution in [3.63, 3.8) is 0 Å². The van der Waals surface area contributed by atoms with Gasteiger partial charge in [0.1, 0.15) is 29.0 Å². The zero-order chi connectivity index (χ0) is 17.6. The average Bonchev–Trinajstić information content (AvgIpc) is 3.13. The predicted octanol–water partition coefficient (Wildman–Crippen LogP) is 3.14. The predicted molar refractivity (Wildman–Crippen MR) is 97.1 cm³/mol. The summed E-state index contributed by atoms with van der Waals surface area (Å²) < 4.78 is 16.3. The summed E-state index contributed by atoms with van der Waals surface area (Å²) in [6.45, 7) is 3.46. The Morgan fingerprint density at radius 3 is 2.72 bits per heavy atom. The molecule has 25 heavy (non-hydrogen) atoms. The molecule has 0 radical (unpaired) electrons. The van der Waals surface area contributed by atoms with Gasteiger partial charge in [-0.15, -0.1) is 0 Å². The minimum absolute atomic E-state index is 0.255. The Balaban J connectivity index is 1.75. The summed E-state index contributed by atoms with van der Waals surface area (Å²) >= 11 is 0. The van der Waals surface area contributed by atoms with Gasteiger partial charge in [-0.2, -0.15) is 0 Å². The van der Waals surface area contributed by atoms with Crippen LogP contribution < -0.4 is 20.1 Å². The molecule has 0 amide bonds. The maximum Gasteiger partial charge on any atom is 0.142 e. The van der Waals surface area contributed by atoms with Crippen molar-refractivity contribution in [2.45, 2.75) is 25.9 Å². The average molecular weight is 344 g/mol. The lowest BCUT2D eigenvalue weighted by molar-refractivity contribution is 0.120. The number of ether oxygens (including phenoxy) is 3. The standard InChI is InChI=1S/C18H24N4O3/c1-12-20-17(19-11-14-5-4-8-25-14)10-18(21-12)22-15-9-13(23-2)6-7-16(15)24-3/h6-7,9-10,14H,4-5,8,11H2,1-3H3,(H2,19,20,21,22). The van der Waals surface area contributed by atoms with Crippen LogP contribution in [0, 0.1) is 6.92 Å². The lowest BCUT2D eigenvalue weighted by atomic mass is 10.2. The molecule has 2 N–H and O–H groups in total. The molecular formula is C18H24N4O3. The first-order valence-electron chi connectivity index (χ1n) is 8.38. The monoisotopic (exact) mass is 344 g/mol. The number of anilines is 3. The Morgan fingerprint density at radius 2 is 2.00 bits per heavy atom. The molecule has 1 aromatic heterocycles. The third-order valence-electron chi connectivity index (χ3n) is 4.04. The second-order valence-electron chi connectivity index (χ2n) is 5.89. The second kappa shape index (κ2) is 8.02. The molecule has 7 heteroatoms. The molecule has 1 aliphatic heterocycles. The summed E-state index contributed by atoms with van der Waals surface area (Å²) in [4.78, 5) is 8.89. The quantitative estimate of drug-likeness (QED) is 0.799. The summed E-state index contributed by atoms with van der Waals surface area (Å²) in [6.07, 6.45) is 2.46. The maximum absolute atomic E-state index is 5.63. The molecule has 2 heterocycles. The molecule has 1 aliphatic rings. The fourth-order valence-corrected chi connectivity index (χ4v) is 2.80. The molecule has 1 aromatic carbocycles. The number of aromatic nitrogens is 2. The summed E-state index contributed by atoms with van der Waals surface area (Å²) in [7, 11) is 3.26. The van der Waals surface area contributed by atoms with Crippen LogP contribution in [0.2, 0.25) is 0 Å². The van der Waals surface area contributed by atoms with Crippen LogP contribution in [0.4, 0.5) is 17.3 Å². The van der Waals surface area contributed by atoms with E-state index in [0.717, 1.165) is 43.2 Å². The van der Waals surface area contributed by atoms with Gasteiger partial charge in [0.05, 0.1) is 26.0 Å². The Morgan fingerprint density at radius 1 is 1.16 bits per heavy atom. The van der Waals surface area contributed by atoms with Gasteiger partial charge in [0.25, 0.3) is 0 Å². The molecule has 0 saturated carbocycles. The van der Waals surface area contributed by atoms with Gasteiger partial charge >= 0.3 is 0 Å². The van der Waals surface area contributed by atoms with Crippen molar-refractivity contribution in [3.8, 4) is 11.5 Å². The smallest absolute Gasteiger partial charge is 0.142 e. The normalized spacial score (nSPS) is 16.5. The van der Waals surface area contributed by atoms with E-state index in [1.807, 2.05) is 31.2 Å². The van der Waals surface area contributed by atoms with Crippen LogP contribution >= 0.6 is 0 Å². The van der Waals surface area contributed by atoms with E-state index in [-0.39, 0.29) is 6.10 Å². The van der Waals surface area contributed by atoms with E-state index in [9.17, 15) is 0 Å². The lowest BCUT2D eigenvalue weighted by Gasteiger charge is -2.15. The van der Waals surface area contributed by atoms with Crippen LogP contribution in [0.5, 0.6) is 11.5 Å². The molecule has 1 unspecified atom stereocenters. The SMILES string of the molecule is COc1ccc(OC)c(Nc2cc(NCC3CCCO3)nc(C)n2)c1. The van der Waals surface area contributed by atoms with Gasteiger partial charge in [-0.25, -0.2) is 9.97 Å². The van der Waals surface area contributed by atoms with Crippen LogP contribution in [0.1, 0.15) is 18.7 Å². The fourth-order valence-electron chi connectivity index (χ4n) is 2.80. The van der Waals surface area contributed by atoms with Crippen molar-refractivity contribution in [2.75, 3.05) is 38.0 Å². The third kappa shape index (κ3) is 4.51. The number of nitrogens with one attached hydrogen (secondary N) is 2. The Hall–Kier alpha value is -2.54. The van der Waals surface area contributed by atoms with Crippen molar-refractivity contribution in [1.29, 1.82) is 0 Å². The molecular weight excluding hydrogens is 320 g/mol. The number of benzene rings is 1. The Bertz CT molecular complexity index is 717. The van der Waals surface area contributed by atoms with Crippen molar-refractivity contribution in [3.05, 3.63) is 30.1 Å². The zero-order valence-corrected chi connectivity index (χ0v) is 14.8. The number of nitrogens with zero attached hydrogens (tertiary/aromatic N) is 2. The summed E-state index contributed by atoms with van der Waals surface area (Å²) in [5.41, 5.74) is 0.782. The van der Waals surface area contributed by atoms with E-state index in [4.69, 9.17) is 14.2 Å². The molecule has 0 aliphatic carbocycles. The van der Waals surface area contributed by atoms with Crippen LogP contribution in [-0.2, 0) is 4.74 Å². The summed E-state index contributed by atoms with van der Waals surface area (Å²) in [6, 6.07) is 7.45. The molecule has 0 spiro atoms. The van der Waals surface area contributed by atoms with Crippen molar-refractivity contribution < 1.29 is 14.2 Å². The van der Waals surface area contributed by atoms with E-state index in [1.165, 1.54) is 0 Å². The van der Waals surface area contributed by atoms with Gasteiger partial charge in [-0.05, 0) is 31.9 Å². The number of hydrogen-bond acceptors (Lipinski definition) is 7. The third-order valence-corrected chi connectivity index (χ3v) is 4.04.